The minimum Gasteiger partial charge on any atom is -0.403 e. The molecule has 1 saturated carbocycles. The van der Waals surface area contributed by atoms with Crippen molar-refractivity contribution in [2.45, 2.75) is 31.7 Å². The van der Waals surface area contributed by atoms with Gasteiger partial charge in [0, 0.05) is 18.3 Å². The Hall–Kier alpha value is -3.27. The molecule has 1 aromatic carbocycles. The van der Waals surface area contributed by atoms with Gasteiger partial charge in [0.05, 0.1) is 18.8 Å². The van der Waals surface area contributed by atoms with Crippen molar-refractivity contribution in [1.29, 1.82) is 0 Å². The van der Waals surface area contributed by atoms with Gasteiger partial charge in [-0.1, -0.05) is 0 Å². The van der Waals surface area contributed by atoms with E-state index >= 15 is 0 Å². The summed E-state index contributed by atoms with van der Waals surface area (Å²) in [7, 11) is 0. The SMILES string of the molecule is O=C(NOCC1CC1)Oc1cnn2ccc(N3CCC[C@@H]3c3cc(F)ccc3F)nc12. The maximum atomic E-state index is 14.4. The van der Waals surface area contributed by atoms with Gasteiger partial charge in [-0.25, -0.2) is 23.1 Å². The van der Waals surface area contributed by atoms with Crippen LogP contribution in [0.15, 0.2) is 36.7 Å². The van der Waals surface area contributed by atoms with E-state index in [1.165, 1.54) is 16.8 Å². The van der Waals surface area contributed by atoms with Gasteiger partial charge in [0.2, 0.25) is 5.65 Å². The van der Waals surface area contributed by atoms with Crippen molar-refractivity contribution in [3.63, 3.8) is 0 Å². The number of carbonyl (C=O) groups excluding carboxylic acids is 1. The van der Waals surface area contributed by atoms with E-state index in [4.69, 9.17) is 9.57 Å². The maximum absolute atomic E-state index is 14.4. The number of fused-ring (bicyclic) bond motifs is 1. The summed E-state index contributed by atoms with van der Waals surface area (Å²) < 4.78 is 34.9. The lowest BCUT2D eigenvalue weighted by Gasteiger charge is -2.26. The lowest BCUT2D eigenvalue weighted by molar-refractivity contribution is 0.0393. The number of hydroxylamine groups is 1. The predicted molar refractivity (Wildman–Crippen MR) is 107 cm³/mol. The van der Waals surface area contributed by atoms with Crippen molar-refractivity contribution in [2.24, 2.45) is 5.92 Å². The second-order valence-corrected chi connectivity index (χ2v) is 7.83. The molecular formula is C21H21F2N5O3. The van der Waals surface area contributed by atoms with E-state index in [0.717, 1.165) is 31.4 Å². The van der Waals surface area contributed by atoms with Crippen LogP contribution in [0.5, 0.6) is 5.75 Å². The number of nitrogens with one attached hydrogen (secondary N) is 1. The van der Waals surface area contributed by atoms with Gasteiger partial charge in [-0.3, -0.25) is 4.84 Å². The van der Waals surface area contributed by atoms with E-state index < -0.39 is 17.7 Å². The maximum Gasteiger partial charge on any atom is 0.436 e. The molecule has 3 heterocycles. The fraction of sp³-hybridized carbons (Fsp3) is 0.381. The molecule has 0 unspecified atom stereocenters. The highest BCUT2D eigenvalue weighted by Gasteiger charge is 2.30. The zero-order valence-electron chi connectivity index (χ0n) is 16.6. The number of benzene rings is 1. The Balaban J connectivity index is 1.36. The lowest BCUT2D eigenvalue weighted by Crippen LogP contribution is -2.28. The fourth-order valence-corrected chi connectivity index (χ4v) is 3.83. The number of rotatable bonds is 6. The number of aromatic nitrogens is 3. The molecule has 2 fully saturated rings. The van der Waals surface area contributed by atoms with Gasteiger partial charge in [0.15, 0.2) is 5.75 Å². The second kappa shape index (κ2) is 8.10. The summed E-state index contributed by atoms with van der Waals surface area (Å²) in [6, 6.07) is 4.90. The number of nitrogens with zero attached hydrogens (tertiary/aromatic N) is 4. The quantitative estimate of drug-likeness (QED) is 0.601. The normalized spacial score (nSPS) is 18.5. The van der Waals surface area contributed by atoms with Crippen LogP contribution in [0.3, 0.4) is 0 Å². The molecule has 31 heavy (non-hydrogen) atoms. The Bertz CT molecular complexity index is 1120. The van der Waals surface area contributed by atoms with Crippen LogP contribution in [-0.2, 0) is 4.84 Å². The highest BCUT2D eigenvalue weighted by Crippen LogP contribution is 2.37. The molecule has 0 radical (unpaired) electrons. The van der Waals surface area contributed by atoms with E-state index in [0.29, 0.717) is 42.5 Å². The van der Waals surface area contributed by atoms with E-state index in [9.17, 15) is 13.6 Å². The van der Waals surface area contributed by atoms with Crippen molar-refractivity contribution >= 4 is 17.6 Å². The van der Waals surface area contributed by atoms with E-state index in [-0.39, 0.29) is 11.8 Å². The molecule has 1 atom stereocenters. The third kappa shape index (κ3) is 4.15. The minimum atomic E-state index is -0.761. The van der Waals surface area contributed by atoms with Crippen LogP contribution < -0.4 is 15.1 Å². The number of hydrogen-bond acceptors (Lipinski definition) is 6. The first-order valence-electron chi connectivity index (χ1n) is 10.2. The Morgan fingerprint density at radius 1 is 1.23 bits per heavy atom. The second-order valence-electron chi connectivity index (χ2n) is 7.83. The number of anilines is 1. The molecule has 3 aromatic rings. The van der Waals surface area contributed by atoms with Crippen LogP contribution in [-0.4, -0.2) is 33.8 Å². The standard InChI is InChI=1S/C21H21F2N5O3/c22-14-5-6-16(23)15(10-14)17-2-1-8-27(17)19-7-9-28-20(25-19)18(11-24-28)31-21(29)26-30-12-13-3-4-13/h5-7,9-11,13,17H,1-4,8,12H2,(H,26,29)/t17-/m1/s1. The molecule has 162 valence electrons. The number of amides is 1. The molecule has 10 heteroatoms. The van der Waals surface area contributed by atoms with Crippen molar-refractivity contribution in [1.82, 2.24) is 20.1 Å². The van der Waals surface area contributed by atoms with E-state index in [1.54, 1.807) is 12.3 Å². The third-order valence-corrected chi connectivity index (χ3v) is 5.56. The van der Waals surface area contributed by atoms with Crippen molar-refractivity contribution in [2.75, 3.05) is 18.1 Å². The molecule has 0 spiro atoms. The van der Waals surface area contributed by atoms with Crippen LogP contribution in [0.1, 0.15) is 37.3 Å². The average Bonchev–Trinajstić information content (AvgIpc) is 3.30. The van der Waals surface area contributed by atoms with Crippen LogP contribution in [0, 0.1) is 17.6 Å². The summed E-state index contributed by atoms with van der Waals surface area (Å²) in [5.41, 5.74) is 2.89. The van der Waals surface area contributed by atoms with Gasteiger partial charge < -0.3 is 9.64 Å². The van der Waals surface area contributed by atoms with E-state index in [1.807, 2.05) is 4.90 Å². The van der Waals surface area contributed by atoms with Gasteiger partial charge in [-0.2, -0.15) is 10.6 Å². The van der Waals surface area contributed by atoms with Crippen molar-refractivity contribution < 1.29 is 23.1 Å². The van der Waals surface area contributed by atoms with Crippen LogP contribution in [0.4, 0.5) is 19.4 Å². The summed E-state index contributed by atoms with van der Waals surface area (Å²) in [6.45, 7) is 1.10. The summed E-state index contributed by atoms with van der Waals surface area (Å²) >= 11 is 0. The Labute approximate surface area is 176 Å². The Morgan fingerprint density at radius 3 is 2.94 bits per heavy atom. The third-order valence-electron chi connectivity index (χ3n) is 5.56. The van der Waals surface area contributed by atoms with Gasteiger partial charge >= 0.3 is 6.09 Å². The number of halogens is 2. The first kappa shape index (κ1) is 19.7. The van der Waals surface area contributed by atoms with Crippen LogP contribution in [0.2, 0.25) is 0 Å². The molecule has 0 bridgehead atoms. The molecule has 1 aliphatic carbocycles. The molecule has 1 amide bonds. The van der Waals surface area contributed by atoms with Crippen molar-refractivity contribution in [3.8, 4) is 5.75 Å². The Morgan fingerprint density at radius 2 is 2.10 bits per heavy atom. The largest absolute Gasteiger partial charge is 0.436 e. The number of hydrogen-bond donors (Lipinski definition) is 1. The van der Waals surface area contributed by atoms with Gasteiger partial charge in [-0.05, 0) is 55.9 Å². The lowest BCUT2D eigenvalue weighted by atomic mass is 10.0. The highest BCUT2D eigenvalue weighted by molar-refractivity contribution is 5.72. The first-order chi connectivity index (χ1) is 15.1. The molecule has 5 rings (SSSR count). The minimum absolute atomic E-state index is 0.169. The molecule has 1 N–H and O–H groups in total. The summed E-state index contributed by atoms with van der Waals surface area (Å²) in [5, 5.41) is 4.14. The van der Waals surface area contributed by atoms with Gasteiger partial charge in [0.1, 0.15) is 17.5 Å². The molecule has 1 saturated heterocycles. The van der Waals surface area contributed by atoms with E-state index in [2.05, 4.69) is 15.6 Å². The van der Waals surface area contributed by atoms with Gasteiger partial charge in [0.25, 0.3) is 0 Å². The smallest absolute Gasteiger partial charge is 0.403 e. The Kier molecular flexibility index (Phi) is 5.14. The molecule has 2 aromatic heterocycles. The predicted octanol–water partition coefficient (Wildman–Crippen LogP) is 3.78. The van der Waals surface area contributed by atoms with Crippen LogP contribution >= 0.6 is 0 Å². The topological polar surface area (TPSA) is 81.0 Å². The number of carbonyl (C=O) groups is 1. The molecular weight excluding hydrogens is 408 g/mol. The highest BCUT2D eigenvalue weighted by atomic mass is 19.1. The molecule has 1 aliphatic heterocycles. The zero-order valence-corrected chi connectivity index (χ0v) is 16.6. The average molecular weight is 429 g/mol. The monoisotopic (exact) mass is 429 g/mol. The zero-order chi connectivity index (χ0) is 21.4. The summed E-state index contributed by atoms with van der Waals surface area (Å²) in [5.74, 6) is 0.304. The fourth-order valence-electron chi connectivity index (χ4n) is 3.83. The molecule has 8 nitrogen and oxygen atoms in total. The summed E-state index contributed by atoms with van der Waals surface area (Å²) in [4.78, 5) is 23.6. The van der Waals surface area contributed by atoms with Crippen LogP contribution in [0.25, 0.3) is 5.65 Å². The van der Waals surface area contributed by atoms with Gasteiger partial charge in [-0.15, -0.1) is 0 Å². The molecule has 2 aliphatic rings. The van der Waals surface area contributed by atoms with Crippen molar-refractivity contribution in [3.05, 3.63) is 53.9 Å². The number of ether oxygens (including phenoxy) is 1. The first-order valence-corrected chi connectivity index (χ1v) is 10.2. The summed E-state index contributed by atoms with van der Waals surface area (Å²) in [6.07, 6.45) is 6.02.